The van der Waals surface area contributed by atoms with Gasteiger partial charge < -0.3 is 10.6 Å². The van der Waals surface area contributed by atoms with Crippen LogP contribution in [0.4, 0.5) is 5.69 Å². The van der Waals surface area contributed by atoms with Gasteiger partial charge >= 0.3 is 0 Å². The van der Waals surface area contributed by atoms with E-state index in [2.05, 4.69) is 16.0 Å². The molecule has 154 valence electrons. The molecular weight excluding hydrogens is 376 g/mol. The Balaban J connectivity index is 1.69. The molecule has 29 heavy (non-hydrogen) atoms. The number of benzene rings is 1. The fraction of sp³-hybridized carbons (Fsp3) is 0.450. The molecular formula is C20H24N4O5. The van der Waals surface area contributed by atoms with Crippen molar-refractivity contribution in [3.05, 3.63) is 29.3 Å². The quantitative estimate of drug-likeness (QED) is 0.456. The summed E-state index contributed by atoms with van der Waals surface area (Å²) in [5.74, 6) is -1.94. The largest absolute Gasteiger partial charge is 0.383 e. The van der Waals surface area contributed by atoms with E-state index in [0.717, 1.165) is 4.90 Å². The van der Waals surface area contributed by atoms with E-state index in [4.69, 9.17) is 0 Å². The highest BCUT2D eigenvalue weighted by molar-refractivity contribution is 6.25. The maximum atomic E-state index is 12.9. The van der Waals surface area contributed by atoms with Gasteiger partial charge in [-0.3, -0.25) is 34.2 Å². The summed E-state index contributed by atoms with van der Waals surface area (Å²) in [7, 11) is 0. The van der Waals surface area contributed by atoms with Gasteiger partial charge in [0.15, 0.2) is 0 Å². The SMILES string of the molecule is CC(C)CC(=O)NCCNc1cccc2c1C(=O)N(C1CCC(=O)NC1=O)C2=O. The van der Waals surface area contributed by atoms with E-state index in [1.807, 2.05) is 13.8 Å². The minimum atomic E-state index is -0.997. The Morgan fingerprint density at radius 1 is 1.17 bits per heavy atom. The third kappa shape index (κ3) is 4.28. The summed E-state index contributed by atoms with van der Waals surface area (Å²) in [5, 5.41) is 8.05. The Kier molecular flexibility index (Phi) is 5.95. The number of amides is 5. The van der Waals surface area contributed by atoms with Crippen LogP contribution in [0.3, 0.4) is 0 Å². The summed E-state index contributed by atoms with van der Waals surface area (Å²) in [6, 6.07) is 3.87. The highest BCUT2D eigenvalue weighted by Crippen LogP contribution is 2.32. The van der Waals surface area contributed by atoms with Crippen molar-refractivity contribution in [1.82, 2.24) is 15.5 Å². The Bertz CT molecular complexity index is 880. The van der Waals surface area contributed by atoms with Crippen molar-refractivity contribution >= 4 is 35.2 Å². The number of rotatable bonds is 7. The molecule has 0 radical (unpaired) electrons. The van der Waals surface area contributed by atoms with Crippen LogP contribution in [0.1, 0.15) is 53.8 Å². The first-order valence-electron chi connectivity index (χ1n) is 9.64. The normalized spacial score (nSPS) is 18.7. The average molecular weight is 400 g/mol. The van der Waals surface area contributed by atoms with Crippen LogP contribution in [0.15, 0.2) is 18.2 Å². The zero-order valence-electron chi connectivity index (χ0n) is 16.4. The van der Waals surface area contributed by atoms with Gasteiger partial charge in [-0.05, 0) is 24.5 Å². The lowest BCUT2D eigenvalue weighted by atomic mass is 10.0. The minimum Gasteiger partial charge on any atom is -0.383 e. The number of nitrogens with one attached hydrogen (secondary N) is 3. The average Bonchev–Trinajstić information content (AvgIpc) is 2.90. The van der Waals surface area contributed by atoms with Crippen molar-refractivity contribution in [3.8, 4) is 0 Å². The van der Waals surface area contributed by atoms with E-state index in [9.17, 15) is 24.0 Å². The molecule has 1 aromatic carbocycles. The van der Waals surface area contributed by atoms with Crippen LogP contribution in [0.25, 0.3) is 0 Å². The van der Waals surface area contributed by atoms with Gasteiger partial charge in [-0.15, -0.1) is 0 Å². The fourth-order valence-electron chi connectivity index (χ4n) is 3.50. The Labute approximate surface area is 168 Å². The molecule has 5 amide bonds. The van der Waals surface area contributed by atoms with Gasteiger partial charge in [0.05, 0.1) is 11.1 Å². The van der Waals surface area contributed by atoms with Gasteiger partial charge in [-0.2, -0.15) is 0 Å². The van der Waals surface area contributed by atoms with E-state index in [-0.39, 0.29) is 35.8 Å². The van der Waals surface area contributed by atoms with Crippen LogP contribution in [-0.4, -0.2) is 53.6 Å². The van der Waals surface area contributed by atoms with Gasteiger partial charge in [-0.1, -0.05) is 19.9 Å². The summed E-state index contributed by atoms with van der Waals surface area (Å²) >= 11 is 0. The lowest BCUT2D eigenvalue weighted by molar-refractivity contribution is -0.136. The third-order valence-corrected chi connectivity index (χ3v) is 4.82. The predicted molar refractivity (Wildman–Crippen MR) is 104 cm³/mol. The first kappa shape index (κ1) is 20.5. The van der Waals surface area contributed by atoms with Crippen LogP contribution in [-0.2, 0) is 14.4 Å². The molecule has 2 aliphatic heterocycles. The number of hydrogen-bond acceptors (Lipinski definition) is 6. The number of piperidine rings is 1. The summed E-state index contributed by atoms with van der Waals surface area (Å²) in [4.78, 5) is 61.9. The van der Waals surface area contributed by atoms with E-state index >= 15 is 0 Å². The molecule has 2 heterocycles. The first-order chi connectivity index (χ1) is 13.8. The van der Waals surface area contributed by atoms with E-state index in [0.29, 0.717) is 25.2 Å². The Morgan fingerprint density at radius 2 is 1.93 bits per heavy atom. The van der Waals surface area contributed by atoms with Crippen molar-refractivity contribution < 1.29 is 24.0 Å². The topological polar surface area (TPSA) is 125 Å². The number of fused-ring (bicyclic) bond motifs is 1. The second-order valence-corrected chi connectivity index (χ2v) is 7.55. The standard InChI is InChI=1S/C20H24N4O5/c1-11(2)10-16(26)22-9-8-21-13-5-3-4-12-17(13)20(29)24(19(12)28)14-6-7-15(25)23-18(14)27/h3-5,11,14,21H,6-10H2,1-2H3,(H,22,26)(H,23,25,27). The number of carbonyl (C=O) groups excluding carboxylic acids is 5. The van der Waals surface area contributed by atoms with Gasteiger partial charge in [-0.25, -0.2) is 0 Å². The molecule has 9 nitrogen and oxygen atoms in total. The molecule has 3 rings (SSSR count). The van der Waals surface area contributed by atoms with Crippen molar-refractivity contribution in [2.75, 3.05) is 18.4 Å². The van der Waals surface area contributed by atoms with Crippen molar-refractivity contribution in [2.45, 2.75) is 39.2 Å². The Hall–Kier alpha value is -3.23. The molecule has 0 saturated carbocycles. The van der Waals surface area contributed by atoms with Crippen molar-refractivity contribution in [3.63, 3.8) is 0 Å². The van der Waals surface area contributed by atoms with Crippen LogP contribution in [0.5, 0.6) is 0 Å². The van der Waals surface area contributed by atoms with Crippen LogP contribution in [0.2, 0.25) is 0 Å². The molecule has 3 N–H and O–H groups in total. The summed E-state index contributed by atoms with van der Waals surface area (Å²) in [6.45, 7) is 4.66. The zero-order chi connectivity index (χ0) is 21.1. The molecule has 0 aromatic heterocycles. The maximum absolute atomic E-state index is 12.9. The van der Waals surface area contributed by atoms with Gasteiger partial charge in [0.1, 0.15) is 6.04 Å². The molecule has 1 aromatic rings. The zero-order valence-corrected chi connectivity index (χ0v) is 16.4. The summed E-state index contributed by atoms with van der Waals surface area (Å²) in [5.41, 5.74) is 0.887. The molecule has 1 fully saturated rings. The highest BCUT2D eigenvalue weighted by atomic mass is 16.2. The highest BCUT2D eigenvalue weighted by Gasteiger charge is 2.45. The minimum absolute atomic E-state index is 0.0459. The molecule has 1 unspecified atom stereocenters. The molecule has 9 heteroatoms. The third-order valence-electron chi connectivity index (χ3n) is 4.82. The molecule has 0 aliphatic carbocycles. The number of imide groups is 2. The first-order valence-corrected chi connectivity index (χ1v) is 9.64. The number of anilines is 1. The predicted octanol–water partition coefficient (Wildman–Crippen LogP) is 0.662. The van der Waals surface area contributed by atoms with E-state index in [1.165, 1.54) is 6.07 Å². The lowest BCUT2D eigenvalue weighted by Gasteiger charge is -2.27. The smallest absolute Gasteiger partial charge is 0.264 e. The van der Waals surface area contributed by atoms with Crippen molar-refractivity contribution in [2.24, 2.45) is 5.92 Å². The molecule has 1 saturated heterocycles. The van der Waals surface area contributed by atoms with E-state index < -0.39 is 29.7 Å². The molecule has 2 aliphatic rings. The second-order valence-electron chi connectivity index (χ2n) is 7.55. The molecule has 0 bridgehead atoms. The van der Waals surface area contributed by atoms with Crippen molar-refractivity contribution in [1.29, 1.82) is 0 Å². The molecule has 0 spiro atoms. The van der Waals surface area contributed by atoms with Crippen LogP contribution in [0, 0.1) is 5.92 Å². The Morgan fingerprint density at radius 3 is 2.62 bits per heavy atom. The second kappa shape index (κ2) is 8.42. The number of nitrogens with zero attached hydrogens (tertiary/aromatic N) is 1. The van der Waals surface area contributed by atoms with E-state index in [1.54, 1.807) is 12.1 Å². The summed E-state index contributed by atoms with van der Waals surface area (Å²) in [6.07, 6.45) is 0.625. The lowest BCUT2D eigenvalue weighted by Crippen LogP contribution is -2.54. The monoisotopic (exact) mass is 400 g/mol. The fourth-order valence-corrected chi connectivity index (χ4v) is 3.50. The van der Waals surface area contributed by atoms with Gasteiger partial charge in [0, 0.05) is 31.6 Å². The molecule has 1 atom stereocenters. The summed E-state index contributed by atoms with van der Waals surface area (Å²) < 4.78 is 0. The van der Waals surface area contributed by atoms with Gasteiger partial charge in [0.2, 0.25) is 17.7 Å². The van der Waals surface area contributed by atoms with Gasteiger partial charge in [0.25, 0.3) is 11.8 Å². The number of carbonyl (C=O) groups is 5. The van der Waals surface area contributed by atoms with Crippen LogP contribution >= 0.6 is 0 Å². The van der Waals surface area contributed by atoms with Crippen LogP contribution < -0.4 is 16.0 Å². The maximum Gasteiger partial charge on any atom is 0.264 e. The number of hydrogen-bond donors (Lipinski definition) is 3.